The van der Waals surface area contributed by atoms with Gasteiger partial charge in [-0.15, -0.1) is 0 Å². The van der Waals surface area contributed by atoms with Gasteiger partial charge in [-0.2, -0.15) is 0 Å². The number of anilines is 1. The molecule has 2 heterocycles. The second-order valence-electron chi connectivity index (χ2n) is 8.73. The summed E-state index contributed by atoms with van der Waals surface area (Å²) in [6.45, 7) is 7.76. The summed E-state index contributed by atoms with van der Waals surface area (Å²) >= 11 is 0. The van der Waals surface area contributed by atoms with Crippen molar-refractivity contribution in [3.63, 3.8) is 0 Å². The van der Waals surface area contributed by atoms with E-state index >= 15 is 0 Å². The summed E-state index contributed by atoms with van der Waals surface area (Å²) in [5.74, 6) is 0.648. The lowest BCUT2D eigenvalue weighted by molar-refractivity contribution is -0.123. The fourth-order valence-electron chi connectivity index (χ4n) is 5.17. The monoisotopic (exact) mass is 369 g/mol. The van der Waals surface area contributed by atoms with Crippen LogP contribution in [0.1, 0.15) is 56.6 Å². The molecule has 1 saturated carbocycles. The molecule has 1 amide bonds. The maximum atomic E-state index is 13.1. The first kappa shape index (κ1) is 18.9. The maximum Gasteiger partial charge on any atom is 0.230 e. The average molecular weight is 370 g/mol. The summed E-state index contributed by atoms with van der Waals surface area (Å²) in [5, 5.41) is 3.44. The van der Waals surface area contributed by atoms with Crippen molar-refractivity contribution in [3.8, 4) is 0 Å². The molecule has 1 atom stereocenters. The van der Waals surface area contributed by atoms with Gasteiger partial charge in [0, 0.05) is 50.4 Å². The van der Waals surface area contributed by atoms with Crippen LogP contribution < -0.4 is 10.2 Å². The molecular formula is C23H35N3O. The third-order valence-corrected chi connectivity index (χ3v) is 6.79. The van der Waals surface area contributed by atoms with Crippen molar-refractivity contribution in [2.75, 3.05) is 37.6 Å². The number of amides is 1. The molecule has 1 aromatic carbocycles. The molecule has 1 aromatic rings. The van der Waals surface area contributed by atoms with Gasteiger partial charge in [0.25, 0.3) is 0 Å². The molecule has 148 valence electrons. The molecule has 4 heteroatoms. The molecule has 0 aromatic heterocycles. The largest absolute Gasteiger partial charge is 0.314 e. The molecule has 1 aliphatic carbocycles. The number of hydrogen-bond donors (Lipinski definition) is 1. The Morgan fingerprint density at radius 1 is 1.11 bits per heavy atom. The van der Waals surface area contributed by atoms with E-state index in [1.54, 1.807) is 0 Å². The number of nitrogens with zero attached hydrogens (tertiary/aromatic N) is 2. The number of rotatable bonds is 4. The molecule has 0 radical (unpaired) electrons. The van der Waals surface area contributed by atoms with E-state index in [0.29, 0.717) is 11.9 Å². The Morgan fingerprint density at radius 2 is 1.89 bits per heavy atom. The van der Waals surface area contributed by atoms with Crippen molar-refractivity contribution < 1.29 is 4.79 Å². The number of hydrogen-bond acceptors (Lipinski definition) is 3. The van der Waals surface area contributed by atoms with E-state index in [1.165, 1.54) is 36.1 Å². The van der Waals surface area contributed by atoms with Gasteiger partial charge in [-0.25, -0.2) is 0 Å². The molecule has 1 saturated heterocycles. The van der Waals surface area contributed by atoms with Gasteiger partial charge in [0.1, 0.15) is 0 Å². The summed E-state index contributed by atoms with van der Waals surface area (Å²) in [6.07, 6.45) is 9.23. The Hall–Kier alpha value is -1.39. The molecule has 4 rings (SSSR count). The van der Waals surface area contributed by atoms with Crippen LogP contribution >= 0.6 is 0 Å². The van der Waals surface area contributed by atoms with Crippen molar-refractivity contribution in [3.05, 3.63) is 29.3 Å². The Balaban J connectivity index is 1.45. The van der Waals surface area contributed by atoms with E-state index in [0.717, 1.165) is 64.8 Å². The third-order valence-electron chi connectivity index (χ3n) is 6.79. The Bertz CT molecular complexity index is 647. The smallest absolute Gasteiger partial charge is 0.230 e. The van der Waals surface area contributed by atoms with Crippen LogP contribution in [-0.4, -0.2) is 49.6 Å². The predicted molar refractivity (Wildman–Crippen MR) is 111 cm³/mol. The fourth-order valence-corrected chi connectivity index (χ4v) is 5.17. The van der Waals surface area contributed by atoms with Gasteiger partial charge in [0.2, 0.25) is 5.91 Å². The quantitative estimate of drug-likeness (QED) is 0.884. The van der Waals surface area contributed by atoms with Crippen LogP contribution in [0.15, 0.2) is 18.2 Å². The minimum atomic E-state index is 0.261. The van der Waals surface area contributed by atoms with Gasteiger partial charge in [-0.05, 0) is 56.2 Å². The SMILES string of the molecule is CC(Cc1ccc2c(c1)CCCN2C(=O)C1CCCCC1)N1CCNCC1. The van der Waals surface area contributed by atoms with Gasteiger partial charge in [0.15, 0.2) is 0 Å². The maximum absolute atomic E-state index is 13.1. The zero-order valence-electron chi connectivity index (χ0n) is 16.9. The minimum absolute atomic E-state index is 0.261. The molecule has 2 fully saturated rings. The summed E-state index contributed by atoms with van der Waals surface area (Å²) in [4.78, 5) is 17.8. The molecule has 4 nitrogen and oxygen atoms in total. The van der Waals surface area contributed by atoms with Crippen LogP contribution in [0.3, 0.4) is 0 Å². The zero-order chi connectivity index (χ0) is 18.6. The number of aryl methyl sites for hydroxylation is 1. The van der Waals surface area contributed by atoms with Crippen molar-refractivity contribution in [2.24, 2.45) is 5.92 Å². The van der Waals surface area contributed by atoms with Gasteiger partial charge in [-0.3, -0.25) is 9.69 Å². The van der Waals surface area contributed by atoms with E-state index < -0.39 is 0 Å². The van der Waals surface area contributed by atoms with Crippen LogP contribution in [0.4, 0.5) is 5.69 Å². The van der Waals surface area contributed by atoms with E-state index in [1.807, 2.05) is 0 Å². The lowest BCUT2D eigenvalue weighted by atomic mass is 9.87. The Labute approximate surface area is 164 Å². The first-order valence-corrected chi connectivity index (χ1v) is 11.1. The van der Waals surface area contributed by atoms with E-state index in [2.05, 4.69) is 40.2 Å². The Kier molecular flexibility index (Phi) is 6.14. The first-order valence-electron chi connectivity index (χ1n) is 11.1. The number of nitrogens with one attached hydrogen (secondary N) is 1. The fraction of sp³-hybridized carbons (Fsp3) is 0.696. The topological polar surface area (TPSA) is 35.6 Å². The highest BCUT2D eigenvalue weighted by Gasteiger charge is 2.29. The van der Waals surface area contributed by atoms with Crippen molar-refractivity contribution >= 4 is 11.6 Å². The van der Waals surface area contributed by atoms with E-state index in [9.17, 15) is 4.79 Å². The highest BCUT2D eigenvalue weighted by Crippen LogP contribution is 2.33. The molecule has 27 heavy (non-hydrogen) atoms. The predicted octanol–water partition coefficient (Wildman–Crippen LogP) is 3.38. The van der Waals surface area contributed by atoms with Crippen molar-refractivity contribution in [1.82, 2.24) is 10.2 Å². The highest BCUT2D eigenvalue weighted by molar-refractivity contribution is 5.96. The normalized spacial score (nSPS) is 23.1. The van der Waals surface area contributed by atoms with Gasteiger partial charge in [0.05, 0.1) is 0 Å². The van der Waals surface area contributed by atoms with Crippen LogP contribution in [0.2, 0.25) is 0 Å². The van der Waals surface area contributed by atoms with Crippen LogP contribution in [-0.2, 0) is 17.6 Å². The van der Waals surface area contributed by atoms with Crippen molar-refractivity contribution in [2.45, 2.75) is 64.3 Å². The minimum Gasteiger partial charge on any atom is -0.314 e. The van der Waals surface area contributed by atoms with E-state index in [-0.39, 0.29) is 5.92 Å². The molecule has 2 aliphatic heterocycles. The van der Waals surface area contributed by atoms with Crippen LogP contribution in [0.25, 0.3) is 0 Å². The summed E-state index contributed by atoms with van der Waals surface area (Å²) < 4.78 is 0. The number of carbonyl (C=O) groups excluding carboxylic acids is 1. The number of benzene rings is 1. The summed E-state index contributed by atoms with van der Waals surface area (Å²) in [7, 11) is 0. The standard InChI is InChI=1S/C23H35N3O/c1-18(25-14-11-24-12-15-25)16-19-9-10-22-21(17-19)8-5-13-26(22)23(27)20-6-3-2-4-7-20/h9-10,17-18,20,24H,2-8,11-16H2,1H3. The lowest BCUT2D eigenvalue weighted by Gasteiger charge is -2.35. The zero-order valence-corrected chi connectivity index (χ0v) is 16.9. The lowest BCUT2D eigenvalue weighted by Crippen LogP contribution is -2.48. The van der Waals surface area contributed by atoms with Gasteiger partial charge in [-0.1, -0.05) is 31.4 Å². The first-order chi connectivity index (χ1) is 13.2. The van der Waals surface area contributed by atoms with E-state index in [4.69, 9.17) is 0 Å². The molecule has 0 spiro atoms. The molecular weight excluding hydrogens is 334 g/mol. The number of carbonyl (C=O) groups is 1. The second-order valence-corrected chi connectivity index (χ2v) is 8.73. The number of fused-ring (bicyclic) bond motifs is 1. The van der Waals surface area contributed by atoms with Gasteiger partial charge < -0.3 is 10.2 Å². The number of piperazine rings is 1. The molecule has 0 bridgehead atoms. The second kappa shape index (κ2) is 8.74. The molecule has 1 unspecified atom stereocenters. The van der Waals surface area contributed by atoms with Crippen molar-refractivity contribution in [1.29, 1.82) is 0 Å². The van der Waals surface area contributed by atoms with Crippen LogP contribution in [0.5, 0.6) is 0 Å². The van der Waals surface area contributed by atoms with Crippen LogP contribution in [0, 0.1) is 5.92 Å². The third kappa shape index (κ3) is 4.38. The molecule has 3 aliphatic rings. The highest BCUT2D eigenvalue weighted by atomic mass is 16.2. The molecule has 1 N–H and O–H groups in total. The van der Waals surface area contributed by atoms with Gasteiger partial charge >= 0.3 is 0 Å². The summed E-state index contributed by atoms with van der Waals surface area (Å²) in [6, 6.07) is 7.46. The summed E-state index contributed by atoms with van der Waals surface area (Å²) in [5.41, 5.74) is 4.00. The Morgan fingerprint density at radius 3 is 2.67 bits per heavy atom. The average Bonchev–Trinajstić information content (AvgIpc) is 2.74.